The Labute approximate surface area is 129 Å². The Morgan fingerprint density at radius 3 is 2.57 bits per heavy atom. The van der Waals surface area contributed by atoms with Crippen LogP contribution in [-0.4, -0.2) is 18.0 Å². The van der Waals surface area contributed by atoms with Gasteiger partial charge in [0.2, 0.25) is 0 Å². The van der Waals surface area contributed by atoms with Gasteiger partial charge in [-0.15, -0.1) is 0 Å². The smallest absolute Gasteiger partial charge is 0.321 e. The van der Waals surface area contributed by atoms with E-state index < -0.39 is 5.82 Å². The lowest BCUT2D eigenvalue weighted by Crippen LogP contribution is -2.31. The van der Waals surface area contributed by atoms with Crippen molar-refractivity contribution in [2.24, 2.45) is 0 Å². The van der Waals surface area contributed by atoms with Gasteiger partial charge in [0.05, 0.1) is 5.69 Å². The predicted molar refractivity (Wildman–Crippen MR) is 81.0 cm³/mol. The van der Waals surface area contributed by atoms with Crippen LogP contribution in [0.3, 0.4) is 0 Å². The average Bonchev–Trinajstić information content (AvgIpc) is 2.41. The molecule has 0 saturated carbocycles. The highest BCUT2D eigenvalue weighted by Gasteiger charge is 2.11. The minimum Gasteiger partial charge on any atom is -0.323 e. The van der Waals surface area contributed by atoms with Crippen LogP contribution in [0.5, 0.6) is 0 Å². The largest absolute Gasteiger partial charge is 0.323 e. The van der Waals surface area contributed by atoms with Gasteiger partial charge in [0.1, 0.15) is 11.6 Å². The first-order valence-corrected chi connectivity index (χ1v) is 6.96. The normalized spacial score (nSPS) is 10.3. The van der Waals surface area contributed by atoms with Gasteiger partial charge in [0.25, 0.3) is 0 Å². The molecule has 6 heteroatoms. The SMILES string of the molecule is CN(Cc1cccc(F)c1)C(=O)Nc1ccc(F)cc1Br. The zero-order valence-corrected chi connectivity index (χ0v) is 12.8. The lowest BCUT2D eigenvalue weighted by Gasteiger charge is -2.18. The van der Waals surface area contributed by atoms with E-state index in [1.807, 2.05) is 0 Å². The van der Waals surface area contributed by atoms with Gasteiger partial charge < -0.3 is 10.2 Å². The molecule has 21 heavy (non-hydrogen) atoms. The molecule has 1 N–H and O–H groups in total. The Hall–Kier alpha value is -1.95. The molecule has 0 heterocycles. The second-order valence-corrected chi connectivity index (χ2v) is 5.39. The van der Waals surface area contributed by atoms with Crippen LogP contribution in [0.2, 0.25) is 0 Å². The Bertz CT molecular complexity index is 664. The molecular weight excluding hydrogens is 342 g/mol. The molecule has 0 atom stereocenters. The van der Waals surface area contributed by atoms with Crippen LogP contribution in [-0.2, 0) is 6.54 Å². The molecule has 0 aromatic heterocycles. The molecule has 110 valence electrons. The number of hydrogen-bond acceptors (Lipinski definition) is 1. The lowest BCUT2D eigenvalue weighted by atomic mass is 10.2. The van der Waals surface area contributed by atoms with Gasteiger partial charge in [-0.2, -0.15) is 0 Å². The fourth-order valence-electron chi connectivity index (χ4n) is 1.78. The van der Waals surface area contributed by atoms with E-state index in [-0.39, 0.29) is 18.4 Å². The fourth-order valence-corrected chi connectivity index (χ4v) is 2.23. The topological polar surface area (TPSA) is 32.3 Å². The minimum atomic E-state index is -0.395. The van der Waals surface area contributed by atoms with Gasteiger partial charge in [0, 0.05) is 18.1 Å². The summed E-state index contributed by atoms with van der Waals surface area (Å²) in [7, 11) is 1.59. The summed E-state index contributed by atoms with van der Waals surface area (Å²) < 4.78 is 26.5. The van der Waals surface area contributed by atoms with Crippen LogP contribution in [0.15, 0.2) is 46.9 Å². The maximum atomic E-state index is 13.1. The molecule has 2 aromatic rings. The summed E-state index contributed by atoms with van der Waals surface area (Å²) in [6.07, 6.45) is 0. The number of nitrogens with zero attached hydrogens (tertiary/aromatic N) is 1. The summed E-state index contributed by atoms with van der Waals surface area (Å²) in [4.78, 5) is 13.5. The van der Waals surface area contributed by atoms with E-state index in [0.717, 1.165) is 0 Å². The van der Waals surface area contributed by atoms with Crippen molar-refractivity contribution in [3.63, 3.8) is 0 Å². The number of benzene rings is 2. The van der Waals surface area contributed by atoms with Gasteiger partial charge in [-0.3, -0.25) is 0 Å². The first-order chi connectivity index (χ1) is 9.95. The van der Waals surface area contributed by atoms with Crippen molar-refractivity contribution in [3.05, 3.63) is 64.1 Å². The van der Waals surface area contributed by atoms with Crippen molar-refractivity contribution < 1.29 is 13.6 Å². The fraction of sp³-hybridized carbons (Fsp3) is 0.133. The van der Waals surface area contributed by atoms with Crippen LogP contribution in [0.4, 0.5) is 19.3 Å². The van der Waals surface area contributed by atoms with E-state index in [0.29, 0.717) is 15.7 Å². The highest BCUT2D eigenvalue weighted by molar-refractivity contribution is 9.10. The monoisotopic (exact) mass is 354 g/mol. The molecular formula is C15H13BrF2N2O. The first-order valence-electron chi connectivity index (χ1n) is 6.17. The first kappa shape index (κ1) is 15.4. The van der Waals surface area contributed by atoms with E-state index in [4.69, 9.17) is 0 Å². The highest BCUT2D eigenvalue weighted by Crippen LogP contribution is 2.23. The number of urea groups is 1. The number of carbonyl (C=O) groups excluding carboxylic acids is 1. The summed E-state index contributed by atoms with van der Waals surface area (Å²) in [6.45, 7) is 0.266. The van der Waals surface area contributed by atoms with Gasteiger partial charge in [-0.1, -0.05) is 12.1 Å². The summed E-state index contributed by atoms with van der Waals surface area (Å²) >= 11 is 3.18. The maximum Gasteiger partial charge on any atom is 0.321 e. The van der Waals surface area contributed by atoms with E-state index in [1.54, 1.807) is 19.2 Å². The summed E-state index contributed by atoms with van der Waals surface area (Å²) in [5.41, 5.74) is 1.15. The lowest BCUT2D eigenvalue weighted by molar-refractivity contribution is 0.220. The van der Waals surface area contributed by atoms with Crippen LogP contribution in [0.25, 0.3) is 0 Å². The molecule has 2 rings (SSSR count). The van der Waals surface area contributed by atoms with Gasteiger partial charge >= 0.3 is 6.03 Å². The van der Waals surface area contributed by atoms with E-state index in [9.17, 15) is 13.6 Å². The molecule has 2 amide bonds. The minimum absolute atomic E-state index is 0.266. The standard InChI is InChI=1S/C15H13BrF2N2O/c1-20(9-10-3-2-4-11(17)7-10)15(21)19-14-6-5-12(18)8-13(14)16/h2-8H,9H2,1H3,(H,19,21). The Morgan fingerprint density at radius 1 is 1.19 bits per heavy atom. The zero-order valence-electron chi connectivity index (χ0n) is 11.2. The molecule has 0 unspecified atom stereocenters. The van der Waals surface area contributed by atoms with Crippen LogP contribution < -0.4 is 5.32 Å². The molecule has 2 aromatic carbocycles. The van der Waals surface area contributed by atoms with E-state index in [1.165, 1.54) is 35.2 Å². The van der Waals surface area contributed by atoms with Crippen LogP contribution in [0, 0.1) is 11.6 Å². The van der Waals surface area contributed by atoms with Crippen LogP contribution >= 0.6 is 15.9 Å². The number of halogens is 3. The van der Waals surface area contributed by atoms with Crippen molar-refractivity contribution in [3.8, 4) is 0 Å². The number of rotatable bonds is 3. The Morgan fingerprint density at radius 2 is 1.90 bits per heavy atom. The van der Waals surface area contributed by atoms with Crippen molar-refractivity contribution in [2.75, 3.05) is 12.4 Å². The Kier molecular flexibility index (Phi) is 4.90. The number of anilines is 1. The van der Waals surface area contributed by atoms with Crippen molar-refractivity contribution in [2.45, 2.75) is 6.54 Å². The van der Waals surface area contributed by atoms with Crippen molar-refractivity contribution in [1.29, 1.82) is 0 Å². The van der Waals surface area contributed by atoms with Crippen molar-refractivity contribution in [1.82, 2.24) is 4.90 Å². The van der Waals surface area contributed by atoms with E-state index >= 15 is 0 Å². The van der Waals surface area contributed by atoms with Gasteiger partial charge in [0.15, 0.2) is 0 Å². The summed E-state index contributed by atoms with van der Waals surface area (Å²) in [5, 5.41) is 2.65. The molecule has 0 aliphatic rings. The third-order valence-electron chi connectivity index (χ3n) is 2.83. The number of carbonyl (C=O) groups is 1. The second-order valence-electron chi connectivity index (χ2n) is 4.54. The zero-order chi connectivity index (χ0) is 15.4. The third-order valence-corrected chi connectivity index (χ3v) is 3.48. The maximum absolute atomic E-state index is 13.1. The average molecular weight is 355 g/mol. The van der Waals surface area contributed by atoms with Gasteiger partial charge in [-0.05, 0) is 51.8 Å². The second kappa shape index (κ2) is 6.67. The summed E-state index contributed by atoms with van der Waals surface area (Å²) in [5.74, 6) is -0.740. The predicted octanol–water partition coefficient (Wildman–Crippen LogP) is 4.39. The molecule has 0 saturated heterocycles. The summed E-state index contributed by atoms with van der Waals surface area (Å²) in [6, 6.07) is 9.67. The molecule has 3 nitrogen and oxygen atoms in total. The van der Waals surface area contributed by atoms with Crippen LogP contribution in [0.1, 0.15) is 5.56 Å². The molecule has 0 radical (unpaired) electrons. The van der Waals surface area contributed by atoms with E-state index in [2.05, 4.69) is 21.2 Å². The third kappa shape index (κ3) is 4.26. The van der Waals surface area contributed by atoms with Gasteiger partial charge in [-0.25, -0.2) is 13.6 Å². The van der Waals surface area contributed by atoms with Crippen molar-refractivity contribution >= 4 is 27.6 Å². The number of hydrogen-bond donors (Lipinski definition) is 1. The molecule has 0 aliphatic carbocycles. The molecule has 0 fully saturated rings. The molecule has 0 aliphatic heterocycles. The number of amides is 2. The molecule has 0 bridgehead atoms. The quantitative estimate of drug-likeness (QED) is 0.870. The highest BCUT2D eigenvalue weighted by atomic mass is 79.9. The molecule has 0 spiro atoms. The number of nitrogens with one attached hydrogen (secondary N) is 1. The Balaban J connectivity index is 2.02.